The molecule has 2 bridgehead atoms. The number of rotatable bonds is 3. The third-order valence-corrected chi connectivity index (χ3v) is 7.51. The van der Waals surface area contributed by atoms with Crippen LogP contribution in [0.2, 0.25) is 0 Å². The molecule has 0 spiro atoms. The van der Waals surface area contributed by atoms with E-state index in [1.54, 1.807) is 21.8 Å². The Hall–Kier alpha value is -4.68. The minimum Gasteiger partial charge on any atom is -0.491 e. The summed E-state index contributed by atoms with van der Waals surface area (Å²) in [6.07, 6.45) is 4.96. The summed E-state index contributed by atoms with van der Waals surface area (Å²) in [4.78, 5) is 43.7. The van der Waals surface area contributed by atoms with Gasteiger partial charge in [-0.2, -0.15) is 4.98 Å². The van der Waals surface area contributed by atoms with Gasteiger partial charge in [-0.05, 0) is 25.0 Å². The number of hydrogen-bond acceptors (Lipinski definition) is 9. The van der Waals surface area contributed by atoms with Crippen LogP contribution < -0.4 is 15.3 Å². The van der Waals surface area contributed by atoms with E-state index in [9.17, 15) is 9.59 Å². The predicted octanol–water partition coefficient (Wildman–Crippen LogP) is 2.70. The van der Waals surface area contributed by atoms with Gasteiger partial charge in [0.1, 0.15) is 28.6 Å². The number of fused-ring (bicyclic) bond motifs is 5. The van der Waals surface area contributed by atoms with Crippen molar-refractivity contribution in [3.05, 3.63) is 59.2 Å². The number of carbonyl (C=O) groups excluding carboxylic acids is 1. The van der Waals surface area contributed by atoms with Gasteiger partial charge in [0.05, 0.1) is 23.9 Å². The first-order valence-electron chi connectivity index (χ1n) is 13.6. The van der Waals surface area contributed by atoms with Gasteiger partial charge in [0, 0.05) is 50.9 Å². The summed E-state index contributed by atoms with van der Waals surface area (Å²) in [6.45, 7) is 11.4. The first-order chi connectivity index (χ1) is 19.8. The van der Waals surface area contributed by atoms with Crippen LogP contribution in [0.1, 0.15) is 38.8 Å². The molecule has 4 aromatic rings. The molecule has 4 aromatic heterocycles. The van der Waals surface area contributed by atoms with Crippen molar-refractivity contribution < 1.29 is 13.9 Å². The van der Waals surface area contributed by atoms with E-state index >= 15 is 4.39 Å². The Morgan fingerprint density at radius 1 is 1.24 bits per heavy atom. The zero-order valence-electron chi connectivity index (χ0n) is 23.1. The molecule has 212 valence electrons. The van der Waals surface area contributed by atoms with Crippen molar-refractivity contribution in [1.82, 2.24) is 39.4 Å². The smallest absolute Gasteiger partial charge is 0.356 e. The van der Waals surface area contributed by atoms with Crippen molar-refractivity contribution in [2.75, 3.05) is 31.1 Å². The molecule has 0 unspecified atom stereocenters. The number of carbonyl (C=O) groups is 1. The summed E-state index contributed by atoms with van der Waals surface area (Å²) in [5.74, 6) is -0.0679. The maximum atomic E-state index is 15.9. The van der Waals surface area contributed by atoms with Gasteiger partial charge in [0.2, 0.25) is 5.91 Å². The molecule has 1 saturated heterocycles. The normalized spacial score (nSPS) is 17.0. The second-order valence-electron chi connectivity index (χ2n) is 10.5. The number of hydrogen-bond donors (Lipinski definition) is 0. The Balaban J connectivity index is 1.65. The molecule has 0 saturated carbocycles. The number of pyridine rings is 2. The summed E-state index contributed by atoms with van der Waals surface area (Å²) >= 11 is 0. The number of piperazine rings is 1. The molecule has 2 aliphatic rings. The van der Waals surface area contributed by atoms with Crippen molar-refractivity contribution in [3.8, 4) is 22.8 Å². The van der Waals surface area contributed by atoms with Crippen molar-refractivity contribution in [3.63, 3.8) is 0 Å². The van der Waals surface area contributed by atoms with Crippen LogP contribution in [0.3, 0.4) is 0 Å². The van der Waals surface area contributed by atoms with Gasteiger partial charge in [-0.25, -0.2) is 23.4 Å². The van der Waals surface area contributed by atoms with Crippen LogP contribution in [-0.2, 0) is 11.3 Å². The summed E-state index contributed by atoms with van der Waals surface area (Å²) in [6, 6.07) is 2.86. The highest BCUT2D eigenvalue weighted by atomic mass is 19.1. The van der Waals surface area contributed by atoms with Crippen LogP contribution in [0.25, 0.3) is 28.1 Å². The standard InChI is InChI=1S/C28H30FN9O3/c1-5-22(39)35-10-11-36(17(4)15-35)26-18-13-19(29)24-20-14-31-34-37(20)9-6-12-41-21-7-8-30-23(16(2)3)25(21)38(27(18)32-24)28(40)33-26/h5,7-8,13-14,16-17H,1,6,9-12,15H2,2-4H3/t17-/m0/s1. The average Bonchev–Trinajstić information content (AvgIpc) is 3.42. The van der Waals surface area contributed by atoms with Gasteiger partial charge < -0.3 is 14.5 Å². The van der Waals surface area contributed by atoms with E-state index in [-0.39, 0.29) is 29.2 Å². The lowest BCUT2D eigenvalue weighted by molar-refractivity contribution is -0.126. The van der Waals surface area contributed by atoms with E-state index in [0.717, 1.165) is 0 Å². The van der Waals surface area contributed by atoms with E-state index in [1.165, 1.54) is 22.9 Å². The molecule has 41 heavy (non-hydrogen) atoms. The molecule has 13 heteroatoms. The van der Waals surface area contributed by atoms with Crippen molar-refractivity contribution in [1.29, 1.82) is 0 Å². The Kier molecular flexibility index (Phi) is 6.72. The van der Waals surface area contributed by atoms with E-state index < -0.39 is 11.5 Å². The van der Waals surface area contributed by atoms with Crippen molar-refractivity contribution in [2.24, 2.45) is 0 Å². The highest BCUT2D eigenvalue weighted by molar-refractivity contribution is 5.91. The lowest BCUT2D eigenvalue weighted by atomic mass is 10.1. The second kappa shape index (κ2) is 10.4. The van der Waals surface area contributed by atoms with Crippen LogP contribution in [-0.4, -0.2) is 77.6 Å². The maximum absolute atomic E-state index is 15.9. The molecule has 0 N–H and O–H groups in total. The van der Waals surface area contributed by atoms with Gasteiger partial charge >= 0.3 is 5.69 Å². The largest absolute Gasteiger partial charge is 0.491 e. The molecule has 6 rings (SSSR count). The molecule has 1 amide bonds. The number of aromatic nitrogens is 7. The molecule has 1 atom stereocenters. The quantitative estimate of drug-likeness (QED) is 0.349. The zero-order chi connectivity index (χ0) is 28.8. The van der Waals surface area contributed by atoms with Crippen LogP contribution >= 0.6 is 0 Å². The summed E-state index contributed by atoms with van der Waals surface area (Å²) < 4.78 is 25.1. The van der Waals surface area contributed by atoms with Crippen molar-refractivity contribution >= 4 is 22.8 Å². The third-order valence-electron chi connectivity index (χ3n) is 7.51. The Labute approximate surface area is 235 Å². The second-order valence-corrected chi connectivity index (χ2v) is 10.5. The van der Waals surface area contributed by atoms with Gasteiger partial charge in [0.25, 0.3) is 0 Å². The highest BCUT2D eigenvalue weighted by Crippen LogP contribution is 2.35. The molecular weight excluding hydrogens is 529 g/mol. The minimum atomic E-state index is -0.599. The molecule has 0 aliphatic carbocycles. The van der Waals surface area contributed by atoms with E-state index in [0.29, 0.717) is 73.2 Å². The fourth-order valence-electron chi connectivity index (χ4n) is 5.53. The first-order valence-corrected chi connectivity index (χ1v) is 13.6. The molecule has 12 nitrogen and oxygen atoms in total. The number of aryl methyl sites for hydroxylation is 1. The average molecular weight is 560 g/mol. The molecule has 1 fully saturated rings. The maximum Gasteiger partial charge on any atom is 0.356 e. The summed E-state index contributed by atoms with van der Waals surface area (Å²) in [7, 11) is 0. The summed E-state index contributed by atoms with van der Waals surface area (Å²) in [5, 5.41) is 8.46. The van der Waals surface area contributed by atoms with E-state index in [1.807, 2.05) is 25.7 Å². The number of anilines is 1. The first kappa shape index (κ1) is 26.5. The number of ether oxygens (including phenoxy) is 1. The van der Waals surface area contributed by atoms with Crippen LogP contribution in [0, 0.1) is 5.82 Å². The summed E-state index contributed by atoms with van der Waals surface area (Å²) in [5.41, 5.74) is 1.09. The molecule has 2 aliphatic heterocycles. The lowest BCUT2D eigenvalue weighted by Crippen LogP contribution is -2.54. The van der Waals surface area contributed by atoms with Crippen LogP contribution in [0.5, 0.6) is 5.75 Å². The number of halogens is 1. The molecule has 0 radical (unpaired) electrons. The van der Waals surface area contributed by atoms with Gasteiger partial charge in [-0.15, -0.1) is 5.10 Å². The molecular formula is C28H30FN9O3. The molecule has 0 aromatic carbocycles. The Bertz CT molecular complexity index is 1730. The zero-order valence-corrected chi connectivity index (χ0v) is 23.1. The van der Waals surface area contributed by atoms with Gasteiger partial charge in [-0.3, -0.25) is 9.78 Å². The van der Waals surface area contributed by atoms with E-state index in [4.69, 9.17) is 9.72 Å². The fraction of sp³-hybridized carbons (Fsp3) is 0.393. The topological polar surface area (TPSA) is 124 Å². The van der Waals surface area contributed by atoms with Crippen LogP contribution in [0.15, 0.2) is 42.0 Å². The van der Waals surface area contributed by atoms with Crippen molar-refractivity contribution in [2.45, 2.75) is 45.7 Å². The van der Waals surface area contributed by atoms with Gasteiger partial charge in [0.15, 0.2) is 11.5 Å². The monoisotopic (exact) mass is 559 g/mol. The Morgan fingerprint density at radius 2 is 2.07 bits per heavy atom. The Morgan fingerprint density at radius 3 is 2.83 bits per heavy atom. The number of amides is 1. The fourth-order valence-corrected chi connectivity index (χ4v) is 5.53. The molecule has 6 heterocycles. The highest BCUT2D eigenvalue weighted by Gasteiger charge is 2.31. The van der Waals surface area contributed by atoms with E-state index in [2.05, 4.69) is 26.9 Å². The number of nitrogens with zero attached hydrogens (tertiary/aromatic N) is 9. The van der Waals surface area contributed by atoms with Crippen LogP contribution in [0.4, 0.5) is 10.2 Å². The minimum absolute atomic E-state index is 0.0280. The third kappa shape index (κ3) is 4.50. The predicted molar refractivity (Wildman–Crippen MR) is 150 cm³/mol. The lowest BCUT2D eigenvalue weighted by Gasteiger charge is -2.40. The SMILES string of the molecule is C=CC(=O)N1CCN(c2nc(=O)n3c4nc(c(F)cc24)-c2cnnn2CCCOc2ccnc(C(C)C)c2-3)[C@@H](C)C1. The van der Waals surface area contributed by atoms with Gasteiger partial charge in [-0.1, -0.05) is 25.6 Å².